The second-order valence-corrected chi connectivity index (χ2v) is 4.27. The SMILES string of the molecule is COC(=O)C1(C(=O)NCc2ccc(C)o2)CC1. The van der Waals surface area contributed by atoms with Crippen LogP contribution >= 0.6 is 0 Å². The van der Waals surface area contributed by atoms with Gasteiger partial charge in [-0.3, -0.25) is 9.59 Å². The van der Waals surface area contributed by atoms with Crippen LogP contribution in [0.1, 0.15) is 24.4 Å². The Morgan fingerprint density at radius 1 is 1.47 bits per heavy atom. The highest BCUT2D eigenvalue weighted by Crippen LogP contribution is 2.46. The van der Waals surface area contributed by atoms with Gasteiger partial charge in [0, 0.05) is 0 Å². The Balaban J connectivity index is 1.92. The normalized spacial score (nSPS) is 16.4. The molecule has 0 unspecified atom stereocenters. The molecule has 0 radical (unpaired) electrons. The van der Waals surface area contributed by atoms with E-state index in [9.17, 15) is 9.59 Å². The van der Waals surface area contributed by atoms with Crippen molar-refractivity contribution in [3.05, 3.63) is 23.7 Å². The number of amides is 1. The summed E-state index contributed by atoms with van der Waals surface area (Å²) in [5, 5.41) is 2.70. The lowest BCUT2D eigenvalue weighted by Crippen LogP contribution is -2.37. The predicted molar refractivity (Wildman–Crippen MR) is 59.0 cm³/mol. The van der Waals surface area contributed by atoms with E-state index in [1.807, 2.05) is 13.0 Å². The molecule has 0 bridgehead atoms. The van der Waals surface area contributed by atoms with Crippen molar-refractivity contribution < 1.29 is 18.7 Å². The molecule has 5 heteroatoms. The van der Waals surface area contributed by atoms with Crippen LogP contribution in [0.4, 0.5) is 0 Å². The highest BCUT2D eigenvalue weighted by molar-refractivity contribution is 6.05. The molecule has 1 fully saturated rings. The smallest absolute Gasteiger partial charge is 0.321 e. The number of hydrogen-bond donors (Lipinski definition) is 1. The molecular formula is C12H15NO4. The number of nitrogens with one attached hydrogen (secondary N) is 1. The van der Waals surface area contributed by atoms with E-state index < -0.39 is 11.4 Å². The van der Waals surface area contributed by atoms with Gasteiger partial charge in [0.15, 0.2) is 0 Å². The van der Waals surface area contributed by atoms with Crippen molar-refractivity contribution in [2.45, 2.75) is 26.3 Å². The van der Waals surface area contributed by atoms with E-state index in [4.69, 9.17) is 4.42 Å². The zero-order chi connectivity index (χ0) is 12.5. The first-order valence-corrected chi connectivity index (χ1v) is 5.50. The summed E-state index contributed by atoms with van der Waals surface area (Å²) in [5.74, 6) is 0.740. The molecule has 1 aromatic heterocycles. The van der Waals surface area contributed by atoms with Crippen LogP contribution in [0, 0.1) is 12.3 Å². The molecule has 1 N–H and O–H groups in total. The predicted octanol–water partition coefficient (Wildman–Crippen LogP) is 1.16. The molecule has 1 aromatic rings. The van der Waals surface area contributed by atoms with Crippen molar-refractivity contribution in [3.63, 3.8) is 0 Å². The number of rotatable bonds is 4. The molecule has 92 valence electrons. The van der Waals surface area contributed by atoms with Gasteiger partial charge < -0.3 is 14.5 Å². The van der Waals surface area contributed by atoms with E-state index in [1.165, 1.54) is 7.11 Å². The Kier molecular flexibility index (Phi) is 2.92. The van der Waals surface area contributed by atoms with Gasteiger partial charge in [0.05, 0.1) is 13.7 Å². The van der Waals surface area contributed by atoms with E-state index in [-0.39, 0.29) is 5.91 Å². The van der Waals surface area contributed by atoms with Gasteiger partial charge >= 0.3 is 5.97 Å². The van der Waals surface area contributed by atoms with Gasteiger partial charge in [0.1, 0.15) is 16.9 Å². The quantitative estimate of drug-likeness (QED) is 0.630. The maximum absolute atomic E-state index is 11.9. The van der Waals surface area contributed by atoms with Crippen LogP contribution in [0.2, 0.25) is 0 Å². The minimum absolute atomic E-state index is 0.279. The van der Waals surface area contributed by atoms with Gasteiger partial charge in [0.25, 0.3) is 0 Å². The molecule has 17 heavy (non-hydrogen) atoms. The van der Waals surface area contributed by atoms with Crippen molar-refractivity contribution >= 4 is 11.9 Å². The lowest BCUT2D eigenvalue weighted by molar-refractivity contribution is -0.152. The molecule has 0 saturated heterocycles. The van der Waals surface area contributed by atoms with Crippen molar-refractivity contribution in [1.82, 2.24) is 5.32 Å². The molecule has 1 aliphatic carbocycles. The van der Waals surface area contributed by atoms with Crippen molar-refractivity contribution in [3.8, 4) is 0 Å². The fraction of sp³-hybridized carbons (Fsp3) is 0.500. The van der Waals surface area contributed by atoms with Crippen LogP contribution in [0.3, 0.4) is 0 Å². The third-order valence-corrected chi connectivity index (χ3v) is 2.98. The van der Waals surface area contributed by atoms with E-state index in [2.05, 4.69) is 10.1 Å². The molecule has 0 aliphatic heterocycles. The minimum Gasteiger partial charge on any atom is -0.468 e. The highest BCUT2D eigenvalue weighted by atomic mass is 16.5. The first kappa shape index (κ1) is 11.7. The first-order chi connectivity index (χ1) is 8.08. The number of carbonyl (C=O) groups is 2. The molecule has 2 rings (SSSR count). The molecule has 1 aliphatic rings. The van der Waals surface area contributed by atoms with Gasteiger partial charge in [-0.15, -0.1) is 0 Å². The van der Waals surface area contributed by atoms with Crippen LogP contribution in [0.5, 0.6) is 0 Å². The van der Waals surface area contributed by atoms with Crippen molar-refractivity contribution in [2.24, 2.45) is 5.41 Å². The highest BCUT2D eigenvalue weighted by Gasteiger charge is 2.57. The molecule has 0 spiro atoms. The summed E-state index contributed by atoms with van der Waals surface area (Å²) in [4.78, 5) is 23.3. The summed E-state index contributed by atoms with van der Waals surface area (Å²) in [6, 6.07) is 3.63. The number of furan rings is 1. The van der Waals surface area contributed by atoms with Gasteiger partial charge in [-0.1, -0.05) is 0 Å². The summed E-state index contributed by atoms with van der Waals surface area (Å²) in [6.45, 7) is 2.13. The molecule has 1 saturated carbocycles. The van der Waals surface area contributed by atoms with Crippen LogP contribution in [-0.2, 0) is 20.9 Å². The van der Waals surface area contributed by atoms with E-state index in [0.29, 0.717) is 25.1 Å². The molecule has 0 aromatic carbocycles. The lowest BCUT2D eigenvalue weighted by atomic mass is 10.1. The Hall–Kier alpha value is -1.78. The molecular weight excluding hydrogens is 222 g/mol. The van der Waals surface area contributed by atoms with Gasteiger partial charge in [0.2, 0.25) is 5.91 Å². The average Bonchev–Trinajstić information content (AvgIpc) is 3.04. The first-order valence-electron chi connectivity index (χ1n) is 5.50. The average molecular weight is 237 g/mol. The number of esters is 1. The second kappa shape index (κ2) is 4.24. The van der Waals surface area contributed by atoms with Gasteiger partial charge in [-0.25, -0.2) is 0 Å². The largest absolute Gasteiger partial charge is 0.468 e. The lowest BCUT2D eigenvalue weighted by Gasteiger charge is -2.11. The summed E-state index contributed by atoms with van der Waals surface area (Å²) in [5.41, 5.74) is -0.948. The van der Waals surface area contributed by atoms with Crippen LogP contribution in [0.25, 0.3) is 0 Å². The number of carbonyl (C=O) groups excluding carboxylic acids is 2. The summed E-state index contributed by atoms with van der Waals surface area (Å²) in [6.07, 6.45) is 1.12. The fourth-order valence-corrected chi connectivity index (χ4v) is 1.76. The number of aryl methyl sites for hydroxylation is 1. The maximum Gasteiger partial charge on any atom is 0.321 e. The number of methoxy groups -OCH3 is 1. The Morgan fingerprint density at radius 2 is 2.18 bits per heavy atom. The standard InChI is InChI=1S/C12H15NO4/c1-8-3-4-9(17-8)7-13-10(14)12(5-6-12)11(15)16-2/h3-4H,5-7H2,1-2H3,(H,13,14). The molecule has 0 atom stereocenters. The number of hydrogen-bond acceptors (Lipinski definition) is 4. The monoisotopic (exact) mass is 237 g/mol. The third-order valence-electron chi connectivity index (χ3n) is 2.98. The Labute approximate surface area is 99.1 Å². The van der Waals surface area contributed by atoms with Crippen molar-refractivity contribution in [2.75, 3.05) is 7.11 Å². The van der Waals surface area contributed by atoms with Gasteiger partial charge in [-0.05, 0) is 31.9 Å². The third kappa shape index (κ3) is 2.18. The topological polar surface area (TPSA) is 68.5 Å². The van der Waals surface area contributed by atoms with Crippen LogP contribution in [0.15, 0.2) is 16.5 Å². The van der Waals surface area contributed by atoms with Crippen molar-refractivity contribution in [1.29, 1.82) is 0 Å². The molecule has 1 amide bonds. The summed E-state index contributed by atoms with van der Waals surface area (Å²) >= 11 is 0. The van der Waals surface area contributed by atoms with E-state index >= 15 is 0 Å². The summed E-state index contributed by atoms with van der Waals surface area (Å²) in [7, 11) is 1.30. The zero-order valence-corrected chi connectivity index (χ0v) is 9.91. The minimum atomic E-state index is -0.948. The van der Waals surface area contributed by atoms with E-state index in [1.54, 1.807) is 6.07 Å². The van der Waals surface area contributed by atoms with E-state index in [0.717, 1.165) is 5.76 Å². The Bertz CT molecular complexity index is 445. The molecule has 5 nitrogen and oxygen atoms in total. The van der Waals surface area contributed by atoms with Crippen LogP contribution in [-0.4, -0.2) is 19.0 Å². The summed E-state index contributed by atoms with van der Waals surface area (Å²) < 4.78 is 9.95. The maximum atomic E-state index is 11.9. The second-order valence-electron chi connectivity index (χ2n) is 4.27. The number of ether oxygens (including phenoxy) is 1. The van der Waals surface area contributed by atoms with Gasteiger partial charge in [-0.2, -0.15) is 0 Å². The Morgan fingerprint density at radius 3 is 2.65 bits per heavy atom. The molecule has 1 heterocycles. The zero-order valence-electron chi connectivity index (χ0n) is 9.91. The fourth-order valence-electron chi connectivity index (χ4n) is 1.76. The van der Waals surface area contributed by atoms with Crippen LogP contribution < -0.4 is 5.32 Å².